The molecule has 0 aliphatic heterocycles. The summed E-state index contributed by atoms with van der Waals surface area (Å²) in [7, 11) is 0. The Morgan fingerprint density at radius 1 is 1.38 bits per heavy atom. The molecular formula is C11H10BrClO3. The van der Waals surface area contributed by atoms with Gasteiger partial charge in [-0.25, -0.2) is 0 Å². The summed E-state index contributed by atoms with van der Waals surface area (Å²) < 4.78 is 0.612. The van der Waals surface area contributed by atoms with Gasteiger partial charge < -0.3 is 5.11 Å². The zero-order chi connectivity index (χ0) is 12.1. The monoisotopic (exact) mass is 304 g/mol. The maximum Gasteiger partial charge on any atom is 0.307 e. The van der Waals surface area contributed by atoms with Crippen molar-refractivity contribution in [2.75, 3.05) is 5.88 Å². The summed E-state index contributed by atoms with van der Waals surface area (Å²) in [5, 5.41) is 8.62. The summed E-state index contributed by atoms with van der Waals surface area (Å²) in [6.07, 6.45) is 0.223. The molecule has 1 aromatic carbocycles. The van der Waals surface area contributed by atoms with Crippen LogP contribution in [0.3, 0.4) is 0 Å². The minimum atomic E-state index is -0.897. The molecule has 1 rings (SSSR count). The van der Waals surface area contributed by atoms with Gasteiger partial charge in [-0.1, -0.05) is 22.0 Å². The number of ketones is 1. The van der Waals surface area contributed by atoms with Gasteiger partial charge in [0.2, 0.25) is 0 Å². The zero-order valence-corrected chi connectivity index (χ0v) is 10.7. The minimum Gasteiger partial charge on any atom is -0.481 e. The van der Waals surface area contributed by atoms with E-state index < -0.39 is 5.97 Å². The van der Waals surface area contributed by atoms with Crippen LogP contribution in [0.25, 0.3) is 0 Å². The van der Waals surface area contributed by atoms with Crippen LogP contribution in [-0.2, 0) is 11.2 Å². The van der Waals surface area contributed by atoms with Crippen LogP contribution < -0.4 is 0 Å². The highest BCUT2D eigenvalue weighted by Crippen LogP contribution is 2.20. The number of hydrogen-bond acceptors (Lipinski definition) is 2. The Labute approximate surface area is 107 Å². The number of rotatable bonds is 5. The van der Waals surface area contributed by atoms with E-state index in [1.807, 2.05) is 0 Å². The molecule has 0 spiro atoms. The lowest BCUT2D eigenvalue weighted by Gasteiger charge is -2.04. The molecule has 0 heterocycles. The summed E-state index contributed by atoms with van der Waals surface area (Å²) in [6.45, 7) is 0. The quantitative estimate of drug-likeness (QED) is 0.672. The summed E-state index contributed by atoms with van der Waals surface area (Å²) in [4.78, 5) is 22.1. The summed E-state index contributed by atoms with van der Waals surface area (Å²) in [5.41, 5.74) is 1.19. The molecule has 0 bridgehead atoms. The highest BCUT2D eigenvalue weighted by atomic mass is 79.9. The highest BCUT2D eigenvalue weighted by Gasteiger charge is 2.10. The topological polar surface area (TPSA) is 54.4 Å². The second-order valence-corrected chi connectivity index (χ2v) is 4.48. The lowest BCUT2D eigenvalue weighted by atomic mass is 10.1. The SMILES string of the molecule is O=C(O)Cc1ccc(C(=O)CCCl)c(Br)c1. The molecule has 0 aliphatic carbocycles. The molecule has 0 amide bonds. The van der Waals surface area contributed by atoms with Crippen LogP contribution in [0.15, 0.2) is 22.7 Å². The molecule has 3 nitrogen and oxygen atoms in total. The van der Waals surface area contributed by atoms with Gasteiger partial charge in [0.25, 0.3) is 0 Å². The number of benzene rings is 1. The second kappa shape index (κ2) is 6.01. The number of carbonyl (C=O) groups excluding carboxylic acids is 1. The Morgan fingerprint density at radius 2 is 2.06 bits per heavy atom. The minimum absolute atomic E-state index is 0.0521. The van der Waals surface area contributed by atoms with Gasteiger partial charge in [-0.3, -0.25) is 9.59 Å². The van der Waals surface area contributed by atoms with Crippen LogP contribution in [0.1, 0.15) is 22.3 Å². The Kier molecular flexibility index (Phi) is 4.96. The third-order valence-corrected chi connectivity index (χ3v) is 2.86. The number of carbonyl (C=O) groups is 2. The van der Waals surface area contributed by atoms with Crippen molar-refractivity contribution in [2.24, 2.45) is 0 Å². The van der Waals surface area contributed by atoms with E-state index in [1.165, 1.54) is 0 Å². The number of carboxylic acid groups (broad SMARTS) is 1. The number of hydrogen-bond donors (Lipinski definition) is 1. The van der Waals surface area contributed by atoms with Crippen LogP contribution in [0.5, 0.6) is 0 Å². The van der Waals surface area contributed by atoms with Gasteiger partial charge >= 0.3 is 5.97 Å². The van der Waals surface area contributed by atoms with E-state index in [0.717, 1.165) is 0 Å². The molecule has 1 N–H and O–H groups in total. The molecule has 16 heavy (non-hydrogen) atoms. The number of halogens is 2. The maximum atomic E-state index is 11.6. The first kappa shape index (κ1) is 13.2. The average Bonchev–Trinajstić information content (AvgIpc) is 2.16. The van der Waals surface area contributed by atoms with E-state index in [0.29, 0.717) is 15.6 Å². The smallest absolute Gasteiger partial charge is 0.307 e. The molecule has 0 atom stereocenters. The van der Waals surface area contributed by atoms with Crippen molar-refractivity contribution in [1.29, 1.82) is 0 Å². The predicted molar refractivity (Wildman–Crippen MR) is 65.1 cm³/mol. The second-order valence-electron chi connectivity index (χ2n) is 3.25. The third-order valence-electron chi connectivity index (χ3n) is 2.01. The van der Waals surface area contributed by atoms with Gasteiger partial charge in [-0.05, 0) is 17.7 Å². The molecule has 0 radical (unpaired) electrons. The number of Topliss-reactive ketones (excluding diaryl/α,β-unsaturated/α-hetero) is 1. The van der Waals surface area contributed by atoms with Gasteiger partial charge in [0.1, 0.15) is 0 Å². The molecular weight excluding hydrogens is 295 g/mol. The largest absolute Gasteiger partial charge is 0.481 e. The van der Waals surface area contributed by atoms with Crippen molar-refractivity contribution in [1.82, 2.24) is 0 Å². The molecule has 0 fully saturated rings. The molecule has 0 unspecified atom stereocenters. The molecule has 0 aliphatic rings. The van der Waals surface area contributed by atoms with E-state index in [9.17, 15) is 9.59 Å². The van der Waals surface area contributed by atoms with Gasteiger partial charge in [-0.2, -0.15) is 0 Å². The molecule has 0 saturated heterocycles. The van der Waals surface area contributed by atoms with E-state index in [-0.39, 0.29) is 24.5 Å². The Balaban J connectivity index is 2.91. The standard InChI is InChI=1S/C11H10BrClO3/c12-9-5-7(6-11(15)16)1-2-8(9)10(14)3-4-13/h1-2,5H,3-4,6H2,(H,15,16). The van der Waals surface area contributed by atoms with Crippen LogP contribution in [0, 0.1) is 0 Å². The Morgan fingerprint density at radius 3 is 2.56 bits per heavy atom. The number of aliphatic carboxylic acids is 1. The summed E-state index contributed by atoms with van der Waals surface area (Å²) in [5.74, 6) is -0.669. The van der Waals surface area contributed by atoms with Crippen molar-refractivity contribution >= 4 is 39.3 Å². The fraction of sp³-hybridized carbons (Fsp3) is 0.273. The Bertz CT molecular complexity index is 418. The third kappa shape index (κ3) is 3.61. The van der Waals surface area contributed by atoms with E-state index in [4.69, 9.17) is 16.7 Å². The normalized spacial score (nSPS) is 10.1. The van der Waals surface area contributed by atoms with Crippen LogP contribution in [-0.4, -0.2) is 22.7 Å². The number of alkyl halides is 1. The van der Waals surface area contributed by atoms with Crippen LogP contribution in [0.4, 0.5) is 0 Å². The van der Waals surface area contributed by atoms with Gasteiger partial charge in [0, 0.05) is 22.3 Å². The number of carboxylic acids is 1. The van der Waals surface area contributed by atoms with Gasteiger partial charge in [-0.15, -0.1) is 11.6 Å². The lowest BCUT2D eigenvalue weighted by molar-refractivity contribution is -0.136. The summed E-state index contributed by atoms with van der Waals surface area (Å²) in [6, 6.07) is 4.91. The Hall–Kier alpha value is -0.870. The van der Waals surface area contributed by atoms with E-state index in [2.05, 4.69) is 15.9 Å². The van der Waals surface area contributed by atoms with Gasteiger partial charge in [0.15, 0.2) is 5.78 Å². The van der Waals surface area contributed by atoms with Crippen molar-refractivity contribution in [3.05, 3.63) is 33.8 Å². The molecule has 86 valence electrons. The molecule has 1 aromatic rings. The molecule has 0 aromatic heterocycles. The first-order valence-electron chi connectivity index (χ1n) is 4.64. The van der Waals surface area contributed by atoms with E-state index >= 15 is 0 Å². The zero-order valence-electron chi connectivity index (χ0n) is 8.37. The lowest BCUT2D eigenvalue weighted by Crippen LogP contribution is -2.04. The van der Waals surface area contributed by atoms with Crippen molar-refractivity contribution in [3.8, 4) is 0 Å². The first-order valence-corrected chi connectivity index (χ1v) is 5.96. The van der Waals surface area contributed by atoms with Gasteiger partial charge in [0.05, 0.1) is 6.42 Å². The predicted octanol–water partition coefficient (Wildman–Crippen LogP) is 2.89. The fourth-order valence-electron chi connectivity index (χ4n) is 1.29. The molecule has 5 heteroatoms. The average molecular weight is 306 g/mol. The summed E-state index contributed by atoms with van der Waals surface area (Å²) >= 11 is 8.74. The highest BCUT2D eigenvalue weighted by molar-refractivity contribution is 9.10. The van der Waals surface area contributed by atoms with Crippen molar-refractivity contribution in [2.45, 2.75) is 12.8 Å². The maximum absolute atomic E-state index is 11.6. The van der Waals surface area contributed by atoms with Crippen LogP contribution >= 0.6 is 27.5 Å². The van der Waals surface area contributed by atoms with E-state index in [1.54, 1.807) is 18.2 Å². The molecule has 0 saturated carbocycles. The van der Waals surface area contributed by atoms with Crippen LogP contribution in [0.2, 0.25) is 0 Å². The van der Waals surface area contributed by atoms with Crippen molar-refractivity contribution in [3.63, 3.8) is 0 Å². The fourth-order valence-corrected chi connectivity index (χ4v) is 2.11. The first-order chi connectivity index (χ1) is 7.54. The van der Waals surface area contributed by atoms with Crippen molar-refractivity contribution < 1.29 is 14.7 Å².